The van der Waals surface area contributed by atoms with Crippen LogP contribution in [0.1, 0.15) is 24.0 Å². The fraction of sp³-hybridized carbons (Fsp3) is 0.304. The fourth-order valence-corrected chi connectivity index (χ4v) is 3.77. The third kappa shape index (κ3) is 4.40. The average molecular weight is 404 g/mol. The van der Waals surface area contributed by atoms with Gasteiger partial charge >= 0.3 is 0 Å². The first-order valence-corrected chi connectivity index (χ1v) is 10.2. The maximum atomic E-state index is 12.5. The molecule has 2 heterocycles. The van der Waals surface area contributed by atoms with E-state index < -0.39 is 0 Å². The van der Waals surface area contributed by atoms with E-state index in [2.05, 4.69) is 22.5 Å². The highest BCUT2D eigenvalue weighted by Gasteiger charge is 2.19. The molecule has 0 bridgehead atoms. The van der Waals surface area contributed by atoms with E-state index in [0.717, 1.165) is 23.0 Å². The van der Waals surface area contributed by atoms with Crippen LogP contribution in [0.15, 0.2) is 59.5 Å². The number of nitrogens with zero attached hydrogens (tertiary/aromatic N) is 3. The van der Waals surface area contributed by atoms with Gasteiger partial charge in [0.2, 0.25) is 11.8 Å². The van der Waals surface area contributed by atoms with Crippen molar-refractivity contribution < 1.29 is 9.59 Å². The second-order valence-corrected chi connectivity index (χ2v) is 7.48. The zero-order chi connectivity index (χ0) is 20.9. The summed E-state index contributed by atoms with van der Waals surface area (Å²) in [6, 6.07) is 15.4. The van der Waals surface area contributed by atoms with Crippen LogP contribution in [0, 0.1) is 0 Å². The first kappa shape index (κ1) is 19.8. The third-order valence-electron chi connectivity index (χ3n) is 5.43. The zero-order valence-electron chi connectivity index (χ0n) is 16.7. The highest BCUT2D eigenvalue weighted by atomic mass is 16.2. The van der Waals surface area contributed by atoms with Gasteiger partial charge in [-0.15, -0.1) is 0 Å². The molecule has 1 aromatic heterocycles. The lowest BCUT2D eigenvalue weighted by atomic mass is 9.99. The normalized spacial score (nSPS) is 13.1. The Morgan fingerprint density at radius 1 is 1.03 bits per heavy atom. The second kappa shape index (κ2) is 8.90. The van der Waals surface area contributed by atoms with Crippen LogP contribution in [0.2, 0.25) is 0 Å². The van der Waals surface area contributed by atoms with Crippen molar-refractivity contribution in [3.05, 3.63) is 76.2 Å². The standard InChI is InChI=1S/C23H24N4O3/c28-21(16-27-23(30)20-9-4-3-7-18(20)14-25-27)24-12-5-10-22(29)26-13-11-17-6-1-2-8-19(17)15-26/h1-4,6-9,14H,5,10-13,15-16H2,(H,24,28). The zero-order valence-corrected chi connectivity index (χ0v) is 16.7. The summed E-state index contributed by atoms with van der Waals surface area (Å²) in [4.78, 5) is 38.9. The Kier molecular flexibility index (Phi) is 5.88. The molecule has 4 rings (SSSR count). The Hall–Kier alpha value is -3.48. The monoisotopic (exact) mass is 404 g/mol. The van der Waals surface area contributed by atoms with Gasteiger partial charge in [-0.3, -0.25) is 14.4 Å². The predicted molar refractivity (Wildman–Crippen MR) is 114 cm³/mol. The molecule has 1 aliphatic heterocycles. The molecule has 30 heavy (non-hydrogen) atoms. The fourth-order valence-electron chi connectivity index (χ4n) is 3.77. The number of nitrogens with one attached hydrogen (secondary N) is 1. The van der Waals surface area contributed by atoms with Crippen molar-refractivity contribution in [3.8, 4) is 0 Å². The minimum atomic E-state index is -0.292. The third-order valence-corrected chi connectivity index (χ3v) is 5.43. The molecular formula is C23H24N4O3. The van der Waals surface area contributed by atoms with Crippen LogP contribution < -0.4 is 10.9 Å². The quantitative estimate of drug-likeness (QED) is 0.636. The van der Waals surface area contributed by atoms with Crippen LogP contribution in [-0.4, -0.2) is 39.6 Å². The SMILES string of the molecule is O=C(Cn1ncc2ccccc2c1=O)NCCCC(=O)N1CCc2ccccc2C1. The first-order valence-electron chi connectivity index (χ1n) is 10.2. The van der Waals surface area contributed by atoms with Gasteiger partial charge in [0.1, 0.15) is 6.54 Å². The average Bonchev–Trinajstić information content (AvgIpc) is 2.78. The van der Waals surface area contributed by atoms with Gasteiger partial charge in [-0.25, -0.2) is 4.68 Å². The number of benzene rings is 2. The number of hydrogen-bond acceptors (Lipinski definition) is 4. The molecule has 0 unspecified atom stereocenters. The van der Waals surface area contributed by atoms with E-state index in [-0.39, 0.29) is 23.9 Å². The van der Waals surface area contributed by atoms with E-state index >= 15 is 0 Å². The maximum Gasteiger partial charge on any atom is 0.275 e. The van der Waals surface area contributed by atoms with E-state index in [1.54, 1.807) is 18.3 Å². The molecule has 2 amide bonds. The maximum absolute atomic E-state index is 12.5. The topological polar surface area (TPSA) is 84.3 Å². The van der Waals surface area contributed by atoms with Crippen molar-refractivity contribution in [2.45, 2.75) is 32.4 Å². The summed E-state index contributed by atoms with van der Waals surface area (Å²) in [5.41, 5.74) is 2.23. The lowest BCUT2D eigenvalue weighted by Crippen LogP contribution is -2.37. The predicted octanol–water partition coefficient (Wildman–Crippen LogP) is 1.88. The first-order chi connectivity index (χ1) is 14.6. The molecule has 2 aromatic carbocycles. The Bertz CT molecular complexity index is 1140. The van der Waals surface area contributed by atoms with Gasteiger partial charge in [-0.1, -0.05) is 42.5 Å². The van der Waals surface area contributed by atoms with E-state index in [4.69, 9.17) is 0 Å². The van der Waals surface area contributed by atoms with Crippen LogP contribution >= 0.6 is 0 Å². The molecule has 3 aromatic rings. The number of hydrogen-bond donors (Lipinski definition) is 1. The van der Waals surface area contributed by atoms with E-state index in [0.29, 0.717) is 31.3 Å². The van der Waals surface area contributed by atoms with Crippen molar-refractivity contribution in [3.63, 3.8) is 0 Å². The summed E-state index contributed by atoms with van der Waals surface area (Å²) in [6.07, 6.45) is 3.41. The van der Waals surface area contributed by atoms with Crippen molar-refractivity contribution in [2.75, 3.05) is 13.1 Å². The molecule has 0 spiro atoms. The molecule has 1 N–H and O–H groups in total. The van der Waals surface area contributed by atoms with Crippen molar-refractivity contribution in [2.24, 2.45) is 0 Å². The molecule has 1 aliphatic rings. The molecule has 0 aliphatic carbocycles. The summed E-state index contributed by atoms with van der Waals surface area (Å²) >= 11 is 0. The number of carbonyl (C=O) groups is 2. The Balaban J connectivity index is 1.23. The van der Waals surface area contributed by atoms with Gasteiger partial charge in [0, 0.05) is 31.4 Å². The minimum Gasteiger partial charge on any atom is -0.354 e. The molecule has 154 valence electrons. The molecule has 7 heteroatoms. The van der Waals surface area contributed by atoms with Crippen molar-refractivity contribution in [1.82, 2.24) is 20.0 Å². The highest BCUT2D eigenvalue weighted by molar-refractivity contribution is 5.81. The van der Waals surface area contributed by atoms with Crippen LogP contribution in [0.4, 0.5) is 0 Å². The summed E-state index contributed by atoms with van der Waals surface area (Å²) in [5, 5.41) is 8.12. The van der Waals surface area contributed by atoms with Crippen molar-refractivity contribution >= 4 is 22.6 Å². The van der Waals surface area contributed by atoms with Crippen LogP contribution in [0.3, 0.4) is 0 Å². The van der Waals surface area contributed by atoms with Crippen LogP contribution in [0.5, 0.6) is 0 Å². The Morgan fingerprint density at radius 3 is 2.67 bits per heavy atom. The molecule has 7 nitrogen and oxygen atoms in total. The largest absolute Gasteiger partial charge is 0.354 e. The lowest BCUT2D eigenvalue weighted by molar-refractivity contribution is -0.132. The van der Waals surface area contributed by atoms with Crippen LogP contribution in [-0.2, 0) is 29.1 Å². The smallest absolute Gasteiger partial charge is 0.275 e. The highest BCUT2D eigenvalue weighted by Crippen LogP contribution is 2.19. The van der Waals surface area contributed by atoms with E-state index in [9.17, 15) is 14.4 Å². The van der Waals surface area contributed by atoms with Gasteiger partial charge in [-0.2, -0.15) is 5.10 Å². The van der Waals surface area contributed by atoms with Gasteiger partial charge in [0.25, 0.3) is 5.56 Å². The number of amides is 2. The van der Waals surface area contributed by atoms with Gasteiger partial charge in [-0.05, 0) is 30.0 Å². The summed E-state index contributed by atoms with van der Waals surface area (Å²) in [6.45, 7) is 1.63. The molecule has 0 radical (unpaired) electrons. The van der Waals surface area contributed by atoms with E-state index in [1.165, 1.54) is 11.1 Å². The van der Waals surface area contributed by atoms with E-state index in [1.807, 2.05) is 29.2 Å². The Labute approximate surface area is 174 Å². The molecule has 0 atom stereocenters. The van der Waals surface area contributed by atoms with Crippen molar-refractivity contribution in [1.29, 1.82) is 0 Å². The number of aromatic nitrogens is 2. The number of rotatable bonds is 6. The minimum absolute atomic E-state index is 0.103. The van der Waals surface area contributed by atoms with Crippen LogP contribution in [0.25, 0.3) is 10.8 Å². The molecular weight excluding hydrogens is 380 g/mol. The van der Waals surface area contributed by atoms with Gasteiger partial charge in [0.15, 0.2) is 0 Å². The molecule has 0 saturated heterocycles. The second-order valence-electron chi connectivity index (χ2n) is 7.48. The number of fused-ring (bicyclic) bond motifs is 2. The summed E-state index contributed by atoms with van der Waals surface area (Å²) in [5.74, 6) is -0.189. The van der Waals surface area contributed by atoms with Gasteiger partial charge in [0.05, 0.1) is 11.6 Å². The molecule has 0 saturated carbocycles. The summed E-state index contributed by atoms with van der Waals surface area (Å²) in [7, 11) is 0. The lowest BCUT2D eigenvalue weighted by Gasteiger charge is -2.29. The molecule has 0 fully saturated rings. The Morgan fingerprint density at radius 2 is 1.80 bits per heavy atom. The number of carbonyl (C=O) groups excluding carboxylic acids is 2. The van der Waals surface area contributed by atoms with Gasteiger partial charge < -0.3 is 10.2 Å². The summed E-state index contributed by atoms with van der Waals surface area (Å²) < 4.78 is 1.16.